The third-order valence-electron chi connectivity index (χ3n) is 6.94. The second kappa shape index (κ2) is 10.2. The molecule has 5 rings (SSSR count). The van der Waals surface area contributed by atoms with Crippen LogP contribution in [0.3, 0.4) is 0 Å². The highest BCUT2D eigenvalue weighted by molar-refractivity contribution is 7.91. The Morgan fingerprint density at radius 2 is 2.00 bits per heavy atom. The van der Waals surface area contributed by atoms with E-state index in [1.54, 1.807) is 24.4 Å². The predicted octanol–water partition coefficient (Wildman–Crippen LogP) is 2.99. The number of nitrogens with one attached hydrogen (secondary N) is 2. The molecule has 2 aliphatic rings. The molecular formula is C27H32N6O2S. The van der Waals surface area contributed by atoms with Crippen molar-refractivity contribution in [3.8, 4) is 0 Å². The predicted molar refractivity (Wildman–Crippen MR) is 143 cm³/mol. The number of benzene rings is 1. The summed E-state index contributed by atoms with van der Waals surface area (Å²) in [6.45, 7) is 4.06. The fourth-order valence-electron chi connectivity index (χ4n) is 4.87. The van der Waals surface area contributed by atoms with Crippen molar-refractivity contribution in [2.45, 2.75) is 38.0 Å². The summed E-state index contributed by atoms with van der Waals surface area (Å²) in [6, 6.07) is 15.2. The number of likely N-dealkylation sites (tertiary alicyclic amines) is 1. The third-order valence-corrected chi connectivity index (χ3v) is 8.20. The molecule has 188 valence electrons. The van der Waals surface area contributed by atoms with E-state index in [-0.39, 0.29) is 5.75 Å². The van der Waals surface area contributed by atoms with Crippen LogP contribution in [0, 0.1) is 0 Å². The Labute approximate surface area is 212 Å². The molecule has 36 heavy (non-hydrogen) atoms. The molecule has 1 aromatic carbocycles. The average molecular weight is 505 g/mol. The first-order chi connectivity index (χ1) is 17.4. The molecule has 2 N–H and O–H groups in total. The van der Waals surface area contributed by atoms with Gasteiger partial charge in [0.25, 0.3) is 0 Å². The summed E-state index contributed by atoms with van der Waals surface area (Å²) in [5.74, 6) is 0.752. The standard InChI is InChI=1S/C27H32N6O2S/c1-3-20-15-25(24-11-13-28-27(24)30-16-20)33-14-12-23(18-33)32(2)26-10-9-22(17-29-26)31-36(34,35)19-21-7-5-4-6-8-21/h4-11,13,16-17,23,31H,3,12,14-15,18-19H2,1-2H3,(H,28,30). The third kappa shape index (κ3) is 5.31. The lowest BCUT2D eigenvalue weighted by Gasteiger charge is -2.27. The zero-order valence-corrected chi connectivity index (χ0v) is 21.5. The van der Waals surface area contributed by atoms with Crippen LogP contribution in [-0.4, -0.2) is 49.5 Å². The van der Waals surface area contributed by atoms with E-state index in [1.807, 2.05) is 36.7 Å². The quantitative estimate of drug-likeness (QED) is 0.492. The van der Waals surface area contributed by atoms with E-state index in [0.717, 1.165) is 49.2 Å². The van der Waals surface area contributed by atoms with E-state index in [0.29, 0.717) is 11.7 Å². The Balaban J connectivity index is 1.26. The van der Waals surface area contributed by atoms with Crippen molar-refractivity contribution in [3.05, 3.63) is 89.0 Å². The molecule has 8 nitrogen and oxygen atoms in total. The van der Waals surface area contributed by atoms with Crippen LogP contribution >= 0.6 is 0 Å². The summed E-state index contributed by atoms with van der Waals surface area (Å²) in [6.07, 6.45) is 8.47. The van der Waals surface area contributed by atoms with Crippen molar-refractivity contribution >= 4 is 27.2 Å². The number of H-pyrrole nitrogens is 1. The van der Waals surface area contributed by atoms with Crippen molar-refractivity contribution in [3.63, 3.8) is 0 Å². The molecule has 9 heteroatoms. The lowest BCUT2D eigenvalue weighted by atomic mass is 10.1. The highest BCUT2D eigenvalue weighted by Gasteiger charge is 2.29. The topological polar surface area (TPSA) is 93.7 Å². The Morgan fingerprint density at radius 1 is 1.17 bits per heavy atom. The average Bonchev–Trinajstić information content (AvgIpc) is 3.52. The van der Waals surface area contributed by atoms with E-state index in [9.17, 15) is 8.42 Å². The van der Waals surface area contributed by atoms with E-state index >= 15 is 0 Å². The number of hydrogen-bond donors (Lipinski definition) is 2. The molecule has 2 aromatic heterocycles. The van der Waals surface area contributed by atoms with Crippen molar-refractivity contribution in [2.75, 3.05) is 29.8 Å². The fourth-order valence-corrected chi connectivity index (χ4v) is 6.05. The van der Waals surface area contributed by atoms with E-state index in [4.69, 9.17) is 0 Å². The van der Waals surface area contributed by atoms with Gasteiger partial charge in [-0.05, 0) is 42.2 Å². The largest absolute Gasteiger partial charge is 0.372 e. The Kier molecular flexibility index (Phi) is 6.82. The number of aromatic nitrogens is 2. The van der Waals surface area contributed by atoms with Gasteiger partial charge in [0.2, 0.25) is 10.0 Å². The Bertz CT molecular complexity index is 1460. The summed E-state index contributed by atoms with van der Waals surface area (Å²) in [5.41, 5.74) is 4.80. The lowest BCUT2D eigenvalue weighted by molar-refractivity contribution is 0.465. The first-order valence-electron chi connectivity index (χ1n) is 12.3. The zero-order chi connectivity index (χ0) is 25.1. The molecule has 2 aliphatic heterocycles. The Morgan fingerprint density at radius 3 is 2.75 bits per heavy atom. The zero-order valence-electron chi connectivity index (χ0n) is 20.7. The summed E-state index contributed by atoms with van der Waals surface area (Å²) in [5, 5.41) is 1.18. The van der Waals surface area contributed by atoms with Crippen LogP contribution in [0.2, 0.25) is 0 Å². The molecule has 0 spiro atoms. The Hall–Kier alpha value is -3.59. The van der Waals surface area contributed by atoms with Crippen LogP contribution in [0.15, 0.2) is 77.7 Å². The first kappa shape index (κ1) is 24.1. The highest BCUT2D eigenvalue weighted by atomic mass is 32.2. The molecule has 0 aliphatic carbocycles. The van der Waals surface area contributed by atoms with Gasteiger partial charge in [-0.3, -0.25) is 4.72 Å². The SMILES string of the molecule is CCC1=CN=c2[nH]ccc2=C(N2CCC(N(C)c3ccc(NS(=O)(=O)Cc4ccccc4)cn3)C2)C1. The van der Waals surface area contributed by atoms with Crippen LogP contribution in [0.4, 0.5) is 11.5 Å². The maximum absolute atomic E-state index is 12.6. The summed E-state index contributed by atoms with van der Waals surface area (Å²) < 4.78 is 27.7. The van der Waals surface area contributed by atoms with Crippen LogP contribution in [0.25, 0.3) is 5.70 Å². The van der Waals surface area contributed by atoms with Gasteiger partial charge in [-0.2, -0.15) is 0 Å². The first-order valence-corrected chi connectivity index (χ1v) is 14.0. The van der Waals surface area contributed by atoms with Crippen LogP contribution in [0.1, 0.15) is 31.7 Å². The molecule has 0 saturated carbocycles. The van der Waals surface area contributed by atoms with Gasteiger partial charge in [0.15, 0.2) is 0 Å². The summed E-state index contributed by atoms with van der Waals surface area (Å²) in [7, 11) is -1.46. The van der Waals surface area contributed by atoms with Crippen LogP contribution < -0.4 is 20.3 Å². The minimum Gasteiger partial charge on any atom is -0.372 e. The summed E-state index contributed by atoms with van der Waals surface area (Å²) in [4.78, 5) is 17.1. The van der Waals surface area contributed by atoms with Gasteiger partial charge < -0.3 is 14.8 Å². The number of likely N-dealkylation sites (N-methyl/N-ethyl adjacent to an activating group) is 1. The number of hydrogen-bond acceptors (Lipinski definition) is 6. The lowest BCUT2D eigenvalue weighted by Crippen LogP contribution is -2.37. The van der Waals surface area contributed by atoms with Gasteiger partial charge in [0.05, 0.1) is 17.6 Å². The van der Waals surface area contributed by atoms with Crippen molar-refractivity contribution in [1.82, 2.24) is 14.9 Å². The van der Waals surface area contributed by atoms with E-state index < -0.39 is 10.0 Å². The molecule has 0 amide bonds. The number of nitrogens with zero attached hydrogens (tertiary/aromatic N) is 4. The maximum Gasteiger partial charge on any atom is 0.236 e. The monoisotopic (exact) mass is 504 g/mol. The van der Waals surface area contributed by atoms with E-state index in [1.165, 1.54) is 16.5 Å². The molecule has 1 atom stereocenters. The smallest absolute Gasteiger partial charge is 0.236 e. The van der Waals surface area contributed by atoms with Crippen molar-refractivity contribution < 1.29 is 8.42 Å². The molecule has 3 aromatic rings. The van der Waals surface area contributed by atoms with E-state index in [2.05, 4.69) is 49.5 Å². The number of aromatic amines is 1. The molecule has 4 heterocycles. The fraction of sp³-hybridized carbons (Fsp3) is 0.333. The second-order valence-corrected chi connectivity index (χ2v) is 11.1. The van der Waals surface area contributed by atoms with Crippen molar-refractivity contribution in [2.24, 2.45) is 4.99 Å². The molecule has 0 bridgehead atoms. The number of anilines is 2. The summed E-state index contributed by atoms with van der Waals surface area (Å²) >= 11 is 0. The van der Waals surface area contributed by atoms with Gasteiger partial charge in [-0.25, -0.2) is 18.4 Å². The minimum absolute atomic E-state index is 0.0721. The van der Waals surface area contributed by atoms with Crippen molar-refractivity contribution in [1.29, 1.82) is 0 Å². The molecule has 0 radical (unpaired) electrons. The second-order valence-electron chi connectivity index (χ2n) is 9.38. The van der Waals surface area contributed by atoms with Crippen LogP contribution in [0.5, 0.6) is 0 Å². The number of rotatable bonds is 8. The molecule has 1 unspecified atom stereocenters. The van der Waals surface area contributed by atoms with Gasteiger partial charge in [-0.15, -0.1) is 0 Å². The minimum atomic E-state index is -3.51. The number of fused-ring (bicyclic) bond motifs is 1. The molecule has 1 fully saturated rings. The molecule has 1 saturated heterocycles. The van der Waals surface area contributed by atoms with Gasteiger partial charge in [-0.1, -0.05) is 37.3 Å². The number of pyridine rings is 1. The van der Waals surface area contributed by atoms with Gasteiger partial charge in [0.1, 0.15) is 11.3 Å². The number of sulfonamides is 1. The highest BCUT2D eigenvalue weighted by Crippen LogP contribution is 2.27. The molecular weight excluding hydrogens is 472 g/mol. The van der Waals surface area contributed by atoms with Gasteiger partial charge >= 0.3 is 0 Å². The normalized spacial score (nSPS) is 17.7. The van der Waals surface area contributed by atoms with Crippen LogP contribution in [-0.2, 0) is 15.8 Å². The van der Waals surface area contributed by atoms with Gasteiger partial charge in [0, 0.05) is 55.9 Å². The maximum atomic E-state index is 12.6.